The molecule has 2 N–H and O–H groups in total. The number of hydrogen-bond donors (Lipinski definition) is 1. The third-order valence-electron chi connectivity index (χ3n) is 5.11. The van der Waals surface area contributed by atoms with Gasteiger partial charge in [0.25, 0.3) is 0 Å². The van der Waals surface area contributed by atoms with Gasteiger partial charge in [0, 0.05) is 38.6 Å². The van der Waals surface area contributed by atoms with Crippen molar-refractivity contribution in [2.24, 2.45) is 11.7 Å². The third-order valence-corrected chi connectivity index (χ3v) is 5.11. The van der Waals surface area contributed by atoms with Crippen molar-refractivity contribution in [3.05, 3.63) is 0 Å². The van der Waals surface area contributed by atoms with Crippen LogP contribution in [0.3, 0.4) is 0 Å². The maximum absolute atomic E-state index is 6.40. The molecule has 116 valence electrons. The smallest absolute Gasteiger partial charge is 0.170 e. The van der Waals surface area contributed by atoms with Crippen LogP contribution in [0.15, 0.2) is 0 Å². The van der Waals surface area contributed by atoms with Gasteiger partial charge in [-0.2, -0.15) is 0 Å². The maximum atomic E-state index is 6.40. The molecule has 0 aromatic heterocycles. The Morgan fingerprint density at radius 1 is 1.30 bits per heavy atom. The van der Waals surface area contributed by atoms with Crippen molar-refractivity contribution in [1.82, 2.24) is 4.90 Å². The Labute approximate surface area is 121 Å². The Balaban J connectivity index is 1.64. The zero-order valence-electron chi connectivity index (χ0n) is 12.6. The molecular weight excluding hydrogens is 256 g/mol. The second-order valence-corrected chi connectivity index (χ2v) is 6.54. The highest BCUT2D eigenvalue weighted by molar-refractivity contribution is 4.96. The Hall–Kier alpha value is -0.200. The summed E-state index contributed by atoms with van der Waals surface area (Å²) in [6.07, 6.45) is 5.38. The number of rotatable bonds is 3. The van der Waals surface area contributed by atoms with Gasteiger partial charge in [-0.3, -0.25) is 4.90 Å². The van der Waals surface area contributed by atoms with Gasteiger partial charge in [-0.05, 0) is 31.7 Å². The summed E-state index contributed by atoms with van der Waals surface area (Å²) in [4.78, 5) is 2.56. The number of piperidine rings is 1. The third kappa shape index (κ3) is 3.02. The quantitative estimate of drug-likeness (QED) is 0.837. The average molecular weight is 284 g/mol. The van der Waals surface area contributed by atoms with Gasteiger partial charge in [-0.25, -0.2) is 0 Å². The molecule has 0 aromatic rings. The fourth-order valence-electron chi connectivity index (χ4n) is 4.08. The van der Waals surface area contributed by atoms with E-state index in [9.17, 15) is 0 Å². The van der Waals surface area contributed by atoms with Crippen LogP contribution in [0.4, 0.5) is 0 Å². The zero-order valence-corrected chi connectivity index (χ0v) is 12.6. The summed E-state index contributed by atoms with van der Waals surface area (Å²) in [6.45, 7) is 4.57. The Morgan fingerprint density at radius 3 is 2.85 bits per heavy atom. The lowest BCUT2D eigenvalue weighted by atomic mass is 9.83. The van der Waals surface area contributed by atoms with Gasteiger partial charge in [0.1, 0.15) is 0 Å². The van der Waals surface area contributed by atoms with Crippen molar-refractivity contribution >= 4 is 0 Å². The fourth-order valence-corrected chi connectivity index (χ4v) is 4.08. The van der Waals surface area contributed by atoms with E-state index in [4.69, 9.17) is 19.9 Å². The molecule has 1 spiro atoms. The topological polar surface area (TPSA) is 57.0 Å². The van der Waals surface area contributed by atoms with Crippen LogP contribution in [-0.4, -0.2) is 62.8 Å². The molecule has 0 aromatic carbocycles. The highest BCUT2D eigenvalue weighted by Crippen LogP contribution is 2.38. The molecule has 1 aliphatic carbocycles. The number of methoxy groups -OCH3 is 1. The van der Waals surface area contributed by atoms with Crippen LogP contribution in [0.5, 0.6) is 0 Å². The summed E-state index contributed by atoms with van der Waals surface area (Å²) in [5, 5.41) is 0. The molecule has 20 heavy (non-hydrogen) atoms. The monoisotopic (exact) mass is 284 g/mol. The number of ether oxygens (including phenoxy) is 3. The Bertz CT molecular complexity index is 318. The molecule has 3 aliphatic rings. The van der Waals surface area contributed by atoms with Gasteiger partial charge < -0.3 is 19.9 Å². The number of nitrogens with two attached hydrogens (primary N) is 1. The van der Waals surface area contributed by atoms with Crippen molar-refractivity contribution in [1.29, 1.82) is 0 Å². The van der Waals surface area contributed by atoms with E-state index < -0.39 is 0 Å². The van der Waals surface area contributed by atoms with E-state index >= 15 is 0 Å². The van der Waals surface area contributed by atoms with Crippen LogP contribution in [0.25, 0.3) is 0 Å². The fraction of sp³-hybridized carbons (Fsp3) is 1.00. The first kappa shape index (κ1) is 14.7. The number of hydrogen-bond acceptors (Lipinski definition) is 5. The summed E-state index contributed by atoms with van der Waals surface area (Å²) >= 11 is 0. The van der Waals surface area contributed by atoms with Gasteiger partial charge >= 0.3 is 0 Å². The maximum Gasteiger partial charge on any atom is 0.170 e. The van der Waals surface area contributed by atoms with Gasteiger partial charge in [0.05, 0.1) is 19.8 Å². The second-order valence-electron chi connectivity index (χ2n) is 6.54. The first-order chi connectivity index (χ1) is 9.72. The van der Waals surface area contributed by atoms with E-state index in [0.29, 0.717) is 12.0 Å². The zero-order chi connectivity index (χ0) is 14.0. The molecule has 5 nitrogen and oxygen atoms in total. The van der Waals surface area contributed by atoms with Crippen LogP contribution in [-0.2, 0) is 14.2 Å². The van der Waals surface area contributed by atoms with Crippen LogP contribution >= 0.6 is 0 Å². The molecule has 0 amide bonds. The lowest BCUT2D eigenvalue weighted by Gasteiger charge is -2.47. The SMILES string of the molecule is COCC1CCCN(C2CC3(CCC2N)OCCO3)C1. The van der Waals surface area contributed by atoms with E-state index in [1.54, 1.807) is 7.11 Å². The van der Waals surface area contributed by atoms with E-state index in [1.165, 1.54) is 12.8 Å². The minimum atomic E-state index is -0.339. The Morgan fingerprint density at radius 2 is 2.10 bits per heavy atom. The predicted octanol–water partition coefficient (Wildman–Crippen LogP) is 0.968. The van der Waals surface area contributed by atoms with E-state index in [1.807, 2.05) is 0 Å². The molecule has 2 aliphatic heterocycles. The minimum absolute atomic E-state index is 0.245. The summed E-state index contributed by atoms with van der Waals surface area (Å²) < 4.78 is 17.1. The number of nitrogens with zero attached hydrogens (tertiary/aromatic N) is 1. The van der Waals surface area contributed by atoms with Gasteiger partial charge in [-0.1, -0.05) is 0 Å². The molecule has 2 saturated heterocycles. The van der Waals surface area contributed by atoms with Crippen LogP contribution in [0.2, 0.25) is 0 Å². The standard InChI is InChI=1S/C15H28N2O3/c1-18-11-12-3-2-6-17(10-12)14-9-15(5-4-13(14)16)19-7-8-20-15/h12-14H,2-11,16H2,1H3. The lowest BCUT2D eigenvalue weighted by Crippen LogP contribution is -2.58. The molecule has 5 heteroatoms. The highest BCUT2D eigenvalue weighted by Gasteiger charge is 2.46. The molecule has 3 atom stereocenters. The van der Waals surface area contributed by atoms with Crippen molar-refractivity contribution in [3.63, 3.8) is 0 Å². The molecule has 2 heterocycles. The highest BCUT2D eigenvalue weighted by atomic mass is 16.7. The van der Waals surface area contributed by atoms with Gasteiger partial charge in [0.15, 0.2) is 5.79 Å². The molecule has 1 saturated carbocycles. The Kier molecular flexibility index (Phi) is 4.62. The second kappa shape index (κ2) is 6.28. The predicted molar refractivity (Wildman–Crippen MR) is 76.4 cm³/mol. The minimum Gasteiger partial charge on any atom is -0.384 e. The largest absolute Gasteiger partial charge is 0.384 e. The average Bonchev–Trinajstić information content (AvgIpc) is 2.91. The molecule has 0 radical (unpaired) electrons. The van der Waals surface area contributed by atoms with E-state index in [0.717, 1.165) is 52.2 Å². The summed E-state index contributed by atoms with van der Waals surface area (Å²) in [5.74, 6) is 0.304. The van der Waals surface area contributed by atoms with Gasteiger partial charge in [0.2, 0.25) is 0 Å². The molecular formula is C15H28N2O3. The van der Waals surface area contributed by atoms with Crippen LogP contribution in [0, 0.1) is 5.92 Å². The normalized spacial score (nSPS) is 38.4. The van der Waals surface area contributed by atoms with Crippen LogP contribution in [0.1, 0.15) is 32.1 Å². The molecule has 3 unspecified atom stereocenters. The first-order valence-electron chi connectivity index (χ1n) is 7.99. The van der Waals surface area contributed by atoms with Crippen molar-refractivity contribution in [3.8, 4) is 0 Å². The number of likely N-dealkylation sites (tertiary alicyclic amines) is 1. The van der Waals surface area contributed by atoms with Crippen LogP contribution < -0.4 is 5.73 Å². The lowest BCUT2D eigenvalue weighted by molar-refractivity contribution is -0.193. The summed E-state index contributed by atoms with van der Waals surface area (Å²) in [6, 6.07) is 0.635. The van der Waals surface area contributed by atoms with Crippen molar-refractivity contribution in [2.45, 2.75) is 50.0 Å². The summed E-state index contributed by atoms with van der Waals surface area (Å²) in [5.41, 5.74) is 6.40. The summed E-state index contributed by atoms with van der Waals surface area (Å²) in [7, 11) is 1.79. The van der Waals surface area contributed by atoms with Crippen molar-refractivity contribution in [2.75, 3.05) is 40.0 Å². The van der Waals surface area contributed by atoms with E-state index in [-0.39, 0.29) is 11.8 Å². The molecule has 3 rings (SSSR count). The molecule has 3 fully saturated rings. The van der Waals surface area contributed by atoms with Gasteiger partial charge in [-0.15, -0.1) is 0 Å². The molecule has 0 bridgehead atoms. The first-order valence-corrected chi connectivity index (χ1v) is 7.99. The van der Waals surface area contributed by atoms with Crippen molar-refractivity contribution < 1.29 is 14.2 Å². The van der Waals surface area contributed by atoms with E-state index in [2.05, 4.69) is 4.90 Å².